The molecule has 1 aromatic rings. The molecule has 1 aromatic heterocycles. The van der Waals surface area contributed by atoms with E-state index in [1.54, 1.807) is 0 Å². The Balaban J connectivity index is 1.70. The van der Waals surface area contributed by atoms with E-state index in [1.165, 1.54) is 4.90 Å². The fourth-order valence-corrected chi connectivity index (χ4v) is 3.40. The van der Waals surface area contributed by atoms with Gasteiger partial charge in [0, 0.05) is 13.0 Å². The van der Waals surface area contributed by atoms with Gasteiger partial charge in [-0.25, -0.2) is 4.79 Å². The quantitative estimate of drug-likeness (QED) is 0.506. The van der Waals surface area contributed by atoms with Gasteiger partial charge in [-0.3, -0.25) is 4.55 Å². The Kier molecular flexibility index (Phi) is 4.71. The molecule has 2 saturated heterocycles. The number of hydrogen-bond acceptors (Lipinski definition) is 8. The summed E-state index contributed by atoms with van der Waals surface area (Å²) in [5, 5.41) is 8.66. The predicted molar refractivity (Wildman–Crippen MR) is 78.6 cm³/mol. The second-order valence-electron chi connectivity index (χ2n) is 5.79. The van der Waals surface area contributed by atoms with E-state index in [0.29, 0.717) is 42.7 Å². The average Bonchev–Trinajstić information content (AvgIpc) is 3.07. The van der Waals surface area contributed by atoms with E-state index in [9.17, 15) is 13.2 Å². The fraction of sp³-hybridized carbons (Fsp3) is 0.750. The predicted octanol–water partition coefficient (Wildman–Crippen LogP) is 0.0265. The summed E-state index contributed by atoms with van der Waals surface area (Å²) in [6.07, 6.45) is 3.34. The van der Waals surface area contributed by atoms with Gasteiger partial charge in [-0.05, 0) is 32.2 Å². The molecule has 3 rings (SSSR count). The van der Waals surface area contributed by atoms with Gasteiger partial charge in [0.15, 0.2) is 0 Å². The van der Waals surface area contributed by atoms with Gasteiger partial charge in [-0.15, -0.1) is 14.5 Å². The molecule has 0 radical (unpaired) electrons. The highest BCUT2D eigenvalue weighted by Crippen LogP contribution is 2.38. The number of aromatic nitrogens is 2. The number of carbonyl (C=O) groups excluding carboxylic acids is 1. The first-order chi connectivity index (χ1) is 11.4. The molecular weight excluding hydrogens is 342 g/mol. The Bertz CT molecular complexity index is 707. The number of amides is 2. The van der Waals surface area contributed by atoms with Gasteiger partial charge < -0.3 is 15.1 Å². The number of nitrogens with two attached hydrogens (primary N) is 1. The summed E-state index contributed by atoms with van der Waals surface area (Å²) in [6, 6.07) is -1.52. The lowest BCUT2D eigenvalue weighted by molar-refractivity contribution is -0.0317. The minimum Gasteiger partial charge on any atom is -0.423 e. The van der Waals surface area contributed by atoms with Crippen LogP contribution in [-0.2, 0) is 21.1 Å². The van der Waals surface area contributed by atoms with E-state index >= 15 is 0 Å². The number of hydrogen-bond donors (Lipinski definition) is 2. The van der Waals surface area contributed by atoms with Crippen molar-refractivity contribution in [1.29, 1.82) is 0 Å². The highest BCUT2D eigenvalue weighted by Gasteiger charge is 2.49. The van der Waals surface area contributed by atoms with Crippen LogP contribution in [0.1, 0.15) is 43.5 Å². The molecule has 2 fully saturated rings. The summed E-state index contributed by atoms with van der Waals surface area (Å²) in [6.45, 7) is 0.862. The van der Waals surface area contributed by atoms with Crippen LogP contribution in [0.3, 0.4) is 0 Å². The zero-order chi connectivity index (χ0) is 17.3. The van der Waals surface area contributed by atoms with Crippen molar-refractivity contribution >= 4 is 16.4 Å². The van der Waals surface area contributed by atoms with Crippen molar-refractivity contribution in [2.24, 2.45) is 5.73 Å². The molecule has 2 aliphatic rings. The smallest absolute Gasteiger partial charge is 0.418 e. The van der Waals surface area contributed by atoms with Gasteiger partial charge in [0.05, 0.1) is 6.04 Å². The molecule has 11 nitrogen and oxygen atoms in total. The lowest BCUT2D eigenvalue weighted by atomic mass is 10.0. The van der Waals surface area contributed by atoms with Gasteiger partial charge in [-0.1, -0.05) is 0 Å². The number of carbonyl (C=O) groups is 1. The minimum absolute atomic E-state index is 0.268. The van der Waals surface area contributed by atoms with E-state index in [1.807, 2.05) is 0 Å². The number of piperidine rings is 1. The molecule has 2 bridgehead atoms. The number of fused-ring (bicyclic) bond motifs is 2. The van der Waals surface area contributed by atoms with E-state index in [2.05, 4.69) is 14.5 Å². The van der Waals surface area contributed by atoms with Crippen molar-refractivity contribution in [3.8, 4) is 0 Å². The SMILES string of the molecule is NCCCCc1nnc(C2CCC3CN2C(=O)N3OS(=O)(=O)O)o1. The molecule has 0 saturated carbocycles. The monoisotopic (exact) mass is 361 g/mol. The molecular formula is C12H19N5O6S. The number of hydroxylamine groups is 2. The van der Waals surface area contributed by atoms with Crippen molar-refractivity contribution < 1.29 is 26.5 Å². The molecule has 2 atom stereocenters. The molecule has 2 unspecified atom stereocenters. The Labute approximate surface area is 138 Å². The third kappa shape index (κ3) is 3.50. The third-order valence-corrected chi connectivity index (χ3v) is 4.46. The van der Waals surface area contributed by atoms with Gasteiger partial charge in [0.25, 0.3) is 0 Å². The zero-order valence-corrected chi connectivity index (χ0v) is 13.7. The molecule has 3 heterocycles. The van der Waals surface area contributed by atoms with E-state index in [4.69, 9.17) is 14.7 Å². The first kappa shape index (κ1) is 17.1. The maximum atomic E-state index is 12.3. The lowest BCUT2D eigenvalue weighted by Gasteiger charge is -2.27. The van der Waals surface area contributed by atoms with E-state index < -0.39 is 28.5 Å². The zero-order valence-electron chi connectivity index (χ0n) is 12.9. The maximum Gasteiger partial charge on any atom is 0.418 e. The fourth-order valence-electron chi connectivity index (χ4n) is 3.01. The van der Waals surface area contributed by atoms with Gasteiger partial charge >= 0.3 is 16.4 Å². The molecule has 24 heavy (non-hydrogen) atoms. The minimum atomic E-state index is -4.75. The molecule has 12 heteroatoms. The van der Waals surface area contributed by atoms with Crippen LogP contribution >= 0.6 is 0 Å². The number of unbranched alkanes of at least 4 members (excludes halogenated alkanes) is 1. The first-order valence-corrected chi connectivity index (χ1v) is 9.04. The molecule has 0 aliphatic carbocycles. The summed E-state index contributed by atoms with van der Waals surface area (Å²) in [7, 11) is -4.75. The Hall–Kier alpha value is -1.76. The largest absolute Gasteiger partial charge is 0.423 e. The number of aryl methyl sites for hydroxylation is 1. The number of nitrogens with zero attached hydrogens (tertiary/aromatic N) is 4. The normalized spacial score (nSPS) is 24.0. The molecule has 2 amide bonds. The van der Waals surface area contributed by atoms with Crippen LogP contribution in [0.15, 0.2) is 4.42 Å². The second-order valence-corrected chi connectivity index (χ2v) is 6.79. The highest BCUT2D eigenvalue weighted by molar-refractivity contribution is 7.80. The number of urea groups is 1. The topological polar surface area (TPSA) is 152 Å². The average molecular weight is 361 g/mol. The molecule has 134 valence electrons. The van der Waals surface area contributed by atoms with Crippen LogP contribution in [0.2, 0.25) is 0 Å². The van der Waals surface area contributed by atoms with Crippen LogP contribution in [-0.4, -0.2) is 58.3 Å². The Morgan fingerprint density at radius 2 is 2.12 bits per heavy atom. The summed E-state index contributed by atoms with van der Waals surface area (Å²) in [4.78, 5) is 13.7. The van der Waals surface area contributed by atoms with Crippen LogP contribution in [0.5, 0.6) is 0 Å². The van der Waals surface area contributed by atoms with Gasteiger partial charge in [0.2, 0.25) is 11.8 Å². The van der Waals surface area contributed by atoms with Crippen molar-refractivity contribution in [2.75, 3.05) is 13.1 Å². The van der Waals surface area contributed by atoms with E-state index in [-0.39, 0.29) is 6.54 Å². The van der Waals surface area contributed by atoms with Gasteiger partial charge in [0.1, 0.15) is 6.04 Å². The third-order valence-electron chi connectivity index (χ3n) is 4.11. The Morgan fingerprint density at radius 1 is 1.33 bits per heavy atom. The standard InChI is InChI=1S/C12H19N5O6S/c13-6-2-1-3-10-14-15-11(22-10)9-5-4-8-7-16(9)12(18)17(8)23-24(19,20)21/h8-9H,1-7,13H2,(H,19,20,21). The molecule has 0 aromatic carbocycles. The molecule has 0 spiro atoms. The maximum absolute atomic E-state index is 12.3. The molecule has 3 N–H and O–H groups in total. The first-order valence-electron chi connectivity index (χ1n) is 7.68. The van der Waals surface area contributed by atoms with Gasteiger partial charge in [-0.2, -0.15) is 13.5 Å². The summed E-state index contributed by atoms with van der Waals surface area (Å²) in [5.74, 6) is 0.802. The van der Waals surface area contributed by atoms with Crippen LogP contribution in [0.4, 0.5) is 4.79 Å². The summed E-state index contributed by atoms with van der Waals surface area (Å²) in [5.41, 5.74) is 5.44. The van der Waals surface area contributed by atoms with Crippen LogP contribution < -0.4 is 5.73 Å². The van der Waals surface area contributed by atoms with Crippen LogP contribution in [0.25, 0.3) is 0 Å². The van der Waals surface area contributed by atoms with Crippen LogP contribution in [0, 0.1) is 0 Å². The van der Waals surface area contributed by atoms with Crippen molar-refractivity contribution in [3.05, 3.63) is 11.8 Å². The second kappa shape index (κ2) is 6.63. The van der Waals surface area contributed by atoms with Crippen molar-refractivity contribution in [1.82, 2.24) is 20.2 Å². The van der Waals surface area contributed by atoms with E-state index in [0.717, 1.165) is 12.8 Å². The van der Waals surface area contributed by atoms with Crippen molar-refractivity contribution in [2.45, 2.75) is 44.2 Å². The lowest BCUT2D eigenvalue weighted by Crippen LogP contribution is -2.35. The Morgan fingerprint density at radius 3 is 2.83 bits per heavy atom. The highest BCUT2D eigenvalue weighted by atomic mass is 32.3. The van der Waals surface area contributed by atoms with Crippen molar-refractivity contribution in [3.63, 3.8) is 0 Å². The number of rotatable bonds is 7. The summed E-state index contributed by atoms with van der Waals surface area (Å²) < 4.78 is 40.5. The summed E-state index contributed by atoms with van der Waals surface area (Å²) >= 11 is 0. The molecule has 2 aliphatic heterocycles.